The van der Waals surface area contributed by atoms with Crippen LogP contribution in [0.2, 0.25) is 0 Å². The van der Waals surface area contributed by atoms with E-state index in [4.69, 9.17) is 9.32 Å². The third kappa shape index (κ3) is 4820. The van der Waals surface area contributed by atoms with Crippen LogP contribution < -0.4 is 4.66 Å². The largest absolute Gasteiger partial charge is 0.506 e. The fourth-order valence-electron chi connectivity index (χ4n) is 0. The first kappa shape index (κ1) is 36.1. The van der Waals surface area contributed by atoms with Gasteiger partial charge in [0.15, 0.2) is 0 Å². The van der Waals surface area contributed by atoms with Crippen molar-refractivity contribution in [2.45, 2.75) is 0 Å². The van der Waals surface area contributed by atoms with E-state index in [-0.39, 0.29) is 27.8 Å². The van der Waals surface area contributed by atoms with Crippen molar-refractivity contribution in [1.29, 1.82) is 0 Å². The predicted molar refractivity (Wildman–Crippen MR) is 13.1 cm³/mol. The first-order chi connectivity index (χ1) is 1.41. The second kappa shape index (κ2) is 71.7. The van der Waals surface area contributed by atoms with Crippen LogP contribution in [0.4, 0.5) is 0 Å². The van der Waals surface area contributed by atoms with Crippen LogP contribution in [0.25, 0.3) is 0 Å². The molecular formula is H7ClO5. The number of halogens is 1. The maximum Gasteiger partial charge on any atom is 0.327 e. The average molecular weight is 123 g/mol. The highest BCUT2D eigenvalue weighted by atomic mass is 35.6. The van der Waals surface area contributed by atoms with E-state index >= 15 is 0 Å². The molecule has 7 N–H and O–H groups in total. The lowest BCUT2D eigenvalue weighted by Crippen LogP contribution is -1.94. The molecule has 0 radical (unpaired) electrons. The van der Waals surface area contributed by atoms with Crippen molar-refractivity contribution in [3.05, 3.63) is 0 Å². The Labute approximate surface area is 38.2 Å². The number of hydrogen-bond acceptors (Lipinski definition) is 2. The maximum absolute atomic E-state index is 8.35. The molecule has 0 rings (SSSR count). The molecule has 0 aromatic heterocycles. The van der Waals surface area contributed by atoms with Gasteiger partial charge in [-0.1, -0.05) is 0 Å². The van der Waals surface area contributed by atoms with E-state index in [2.05, 4.69) is 0 Å². The molecule has 0 fully saturated rings. The van der Waals surface area contributed by atoms with Crippen LogP contribution in [0.3, 0.4) is 0 Å². The van der Waals surface area contributed by atoms with Crippen molar-refractivity contribution in [1.82, 2.24) is 0 Å². The Morgan fingerprint density at radius 3 is 1.17 bits per heavy atom. The van der Waals surface area contributed by atoms with Crippen LogP contribution in [-0.2, 0) is 0 Å². The molecule has 0 aromatic carbocycles. The van der Waals surface area contributed by atoms with Crippen molar-refractivity contribution >= 4 is 0 Å². The van der Waals surface area contributed by atoms with Crippen LogP contribution in [0.15, 0.2) is 0 Å². The molecule has 0 heterocycles. The summed E-state index contributed by atoms with van der Waals surface area (Å²) < 4.78 is 15.2. The highest BCUT2D eigenvalue weighted by Crippen LogP contribution is 1.13. The monoisotopic (exact) mass is 122 g/mol. The Morgan fingerprint density at radius 1 is 1.17 bits per heavy atom. The molecule has 0 unspecified atom stereocenters. The molecule has 5 nitrogen and oxygen atoms in total. The van der Waals surface area contributed by atoms with Crippen LogP contribution in [0, 0.1) is 11.3 Å². The Kier molecular flexibility index (Phi) is 431. The minimum absolute atomic E-state index is 0. The van der Waals surface area contributed by atoms with Crippen molar-refractivity contribution in [3.63, 3.8) is 0 Å². The zero-order chi connectivity index (χ0) is 2.71. The van der Waals surface area contributed by atoms with E-state index in [9.17, 15) is 0 Å². The summed E-state index contributed by atoms with van der Waals surface area (Å²) in [6, 6.07) is 0. The first-order valence-corrected chi connectivity index (χ1v) is 0.970. The van der Waals surface area contributed by atoms with E-state index in [1.54, 1.807) is 0 Å². The Balaban J connectivity index is -0.00000000667. The van der Waals surface area contributed by atoms with E-state index in [1.165, 1.54) is 0 Å². The van der Waals surface area contributed by atoms with Crippen LogP contribution in [0.5, 0.6) is 0 Å². The Morgan fingerprint density at radius 2 is 1.17 bits per heavy atom. The lowest BCUT2D eigenvalue weighted by Gasteiger charge is -1.46. The van der Waals surface area contributed by atoms with Gasteiger partial charge in [0, 0.05) is 0 Å². The zero-order valence-corrected chi connectivity index (χ0v) is 3.49. The number of rotatable bonds is 0. The number of hydrogen-bond donors (Lipinski definition) is 1. The molecule has 0 saturated carbocycles. The van der Waals surface area contributed by atoms with Gasteiger partial charge in [-0.15, -0.1) is 4.66 Å². The third-order valence-corrected chi connectivity index (χ3v) is 0. The van der Waals surface area contributed by atoms with Gasteiger partial charge < -0.3 is 21.1 Å². The summed E-state index contributed by atoms with van der Waals surface area (Å²) in [6.07, 6.45) is 0. The normalized spacial score (nSPS) is 3.00. The molecule has 0 bridgehead atoms. The molecule has 0 aliphatic rings. The highest BCUT2D eigenvalue weighted by molar-refractivity contribution is 1.71. The van der Waals surface area contributed by atoms with Crippen molar-refractivity contribution in [2.24, 2.45) is 0 Å². The minimum atomic E-state index is -0.167. The molecule has 6 heavy (non-hydrogen) atoms. The molecule has 44 valence electrons. The predicted octanol–water partition coefficient (Wildman–Crippen LogP) is -4.22. The Hall–Kier alpha value is 0.0900. The zero-order valence-electron chi connectivity index (χ0n) is 2.73. The molecular weight excluding hydrogens is 115 g/mol. The molecule has 0 spiro atoms. The summed E-state index contributed by atoms with van der Waals surface area (Å²) in [5.74, 6) is 0. The van der Waals surface area contributed by atoms with Crippen molar-refractivity contribution in [2.75, 3.05) is 0 Å². The fourth-order valence-corrected chi connectivity index (χ4v) is 0. The second-order valence-corrected chi connectivity index (χ2v) is 0.207. The molecule has 6 heteroatoms. The quantitative estimate of drug-likeness (QED) is 0.348. The molecule has 0 aromatic rings. The average Bonchev–Trinajstić information content (AvgIpc) is 0.918. The summed E-state index contributed by atoms with van der Waals surface area (Å²) in [5.41, 5.74) is 0. The topological polar surface area (TPSA) is 138 Å². The van der Waals surface area contributed by atoms with Crippen LogP contribution in [-0.4, -0.2) is 21.1 Å². The SMILES string of the molecule is O.O.O.[O-][Cl+]O. The summed E-state index contributed by atoms with van der Waals surface area (Å²) in [4.78, 5) is 0. The third-order valence-electron chi connectivity index (χ3n) is 0. The summed E-state index contributed by atoms with van der Waals surface area (Å²) in [5, 5.41) is 0. The molecule has 0 atom stereocenters. The van der Waals surface area contributed by atoms with Gasteiger partial charge in [-0.2, -0.15) is 0 Å². The van der Waals surface area contributed by atoms with Gasteiger partial charge in [0.05, 0.1) is 0 Å². The van der Waals surface area contributed by atoms with Crippen molar-refractivity contribution in [3.8, 4) is 0 Å². The summed E-state index contributed by atoms with van der Waals surface area (Å²) in [6.45, 7) is 0. The van der Waals surface area contributed by atoms with Crippen LogP contribution >= 0.6 is 0 Å². The first-order valence-electron chi connectivity index (χ1n) is 0.323. The van der Waals surface area contributed by atoms with E-state index in [0.29, 0.717) is 0 Å². The molecule has 0 aliphatic heterocycles. The maximum atomic E-state index is 8.35. The van der Waals surface area contributed by atoms with Gasteiger partial charge in [0.25, 0.3) is 0 Å². The molecule has 0 saturated heterocycles. The molecule has 0 aliphatic carbocycles. The van der Waals surface area contributed by atoms with Gasteiger partial charge >= 0.3 is 11.3 Å². The van der Waals surface area contributed by atoms with Crippen molar-refractivity contribution < 1.29 is 37.1 Å². The van der Waals surface area contributed by atoms with Gasteiger partial charge in [-0.25, -0.2) is 0 Å². The molecule has 0 amide bonds. The van der Waals surface area contributed by atoms with E-state index < -0.39 is 0 Å². The van der Waals surface area contributed by atoms with E-state index in [1.807, 2.05) is 0 Å². The lowest BCUT2D eigenvalue weighted by atomic mass is 15.9. The van der Waals surface area contributed by atoms with Crippen LogP contribution in [0.1, 0.15) is 0 Å². The van der Waals surface area contributed by atoms with Gasteiger partial charge in [-0.3, -0.25) is 0 Å². The van der Waals surface area contributed by atoms with E-state index in [0.717, 1.165) is 0 Å². The highest BCUT2D eigenvalue weighted by Gasteiger charge is 1.47. The standard InChI is InChI=1S/ClHO2.3H2O/c2-1-3;;;/h2H;3*1H2. The minimum Gasteiger partial charge on any atom is -0.506 e. The fraction of sp³-hybridized carbons (Fsp3) is 0. The van der Waals surface area contributed by atoms with Gasteiger partial charge in [-0.05, 0) is 0 Å². The Bertz CT molecular complexity index is 3.90. The smallest absolute Gasteiger partial charge is 0.327 e. The second-order valence-electron chi connectivity index (χ2n) is 0.0690. The van der Waals surface area contributed by atoms with Gasteiger partial charge in [0.2, 0.25) is 0 Å². The summed E-state index contributed by atoms with van der Waals surface area (Å²) in [7, 11) is 0. The lowest BCUT2D eigenvalue weighted by molar-refractivity contribution is -1.27. The van der Waals surface area contributed by atoms with Gasteiger partial charge in [0.1, 0.15) is 0 Å². The summed E-state index contributed by atoms with van der Waals surface area (Å²) >= 11 is -0.167.